The molecule has 36 heavy (non-hydrogen) atoms. The molecule has 0 bridgehead atoms. The Morgan fingerprint density at radius 1 is 1.22 bits per heavy atom. The van der Waals surface area contributed by atoms with Crippen LogP contribution in [0.5, 0.6) is 5.75 Å². The molecule has 0 unspecified atom stereocenters. The lowest BCUT2D eigenvalue weighted by Crippen LogP contribution is -2.43. The van der Waals surface area contributed by atoms with Crippen molar-refractivity contribution in [3.05, 3.63) is 58.8 Å². The van der Waals surface area contributed by atoms with E-state index in [0.717, 1.165) is 29.1 Å². The van der Waals surface area contributed by atoms with E-state index in [0.29, 0.717) is 65.6 Å². The number of nitrogens with zero attached hydrogens (tertiary/aromatic N) is 4. The molecule has 0 saturated carbocycles. The van der Waals surface area contributed by atoms with Crippen LogP contribution >= 0.6 is 22.9 Å². The van der Waals surface area contributed by atoms with Crippen LogP contribution in [0.1, 0.15) is 23.0 Å². The maximum Gasteiger partial charge on any atom is 0.266 e. The standard InChI is InChI=1S/C26H27ClN4O4S/c1-3-34-18-8-9-21-22(16-18)36-26(28-21)31(11-10-30-12-14-33-15-13-30)25(32)23-17(2)35-29-24(23)19-6-4-5-7-20(19)27/h4-9,16H,3,10-15H2,1-2H3. The van der Waals surface area contributed by atoms with E-state index in [1.807, 2.05) is 43.3 Å². The molecule has 10 heteroatoms. The van der Waals surface area contributed by atoms with Crippen LogP contribution in [0.25, 0.3) is 21.5 Å². The minimum absolute atomic E-state index is 0.221. The second-order valence-corrected chi connectivity index (χ2v) is 9.83. The molecule has 3 heterocycles. The highest BCUT2D eigenvalue weighted by Crippen LogP contribution is 2.35. The molecule has 0 radical (unpaired) electrons. The molecule has 2 aromatic heterocycles. The highest BCUT2D eigenvalue weighted by molar-refractivity contribution is 7.22. The van der Waals surface area contributed by atoms with E-state index in [1.165, 1.54) is 11.3 Å². The molecule has 0 aliphatic carbocycles. The van der Waals surface area contributed by atoms with Gasteiger partial charge in [-0.3, -0.25) is 14.6 Å². The first-order chi connectivity index (χ1) is 17.5. The van der Waals surface area contributed by atoms with Gasteiger partial charge in [0, 0.05) is 31.7 Å². The molecular weight excluding hydrogens is 500 g/mol. The van der Waals surface area contributed by atoms with E-state index < -0.39 is 0 Å². The van der Waals surface area contributed by atoms with E-state index in [2.05, 4.69) is 10.1 Å². The number of amides is 1. The molecular formula is C26H27ClN4O4S. The van der Waals surface area contributed by atoms with Crippen molar-refractivity contribution >= 4 is 44.2 Å². The third kappa shape index (κ3) is 5.10. The van der Waals surface area contributed by atoms with Gasteiger partial charge in [-0.25, -0.2) is 4.98 Å². The number of halogens is 1. The number of morpholine rings is 1. The minimum atomic E-state index is -0.221. The Hall–Kier alpha value is -2.98. The van der Waals surface area contributed by atoms with Crippen LogP contribution in [-0.2, 0) is 4.74 Å². The zero-order chi connectivity index (χ0) is 25.1. The fraction of sp³-hybridized carbons (Fsp3) is 0.346. The zero-order valence-corrected chi connectivity index (χ0v) is 21.8. The zero-order valence-electron chi connectivity index (χ0n) is 20.2. The summed E-state index contributed by atoms with van der Waals surface area (Å²) in [5, 5.41) is 5.32. The molecule has 1 amide bonds. The number of carbonyl (C=O) groups is 1. The smallest absolute Gasteiger partial charge is 0.266 e. The number of rotatable bonds is 8. The molecule has 1 saturated heterocycles. The normalized spacial score (nSPS) is 14.3. The van der Waals surface area contributed by atoms with E-state index >= 15 is 0 Å². The average Bonchev–Trinajstić information content (AvgIpc) is 3.48. The molecule has 2 aromatic carbocycles. The second kappa shape index (κ2) is 11.0. The summed E-state index contributed by atoms with van der Waals surface area (Å²) in [4.78, 5) is 23.0. The highest BCUT2D eigenvalue weighted by Gasteiger charge is 2.30. The molecule has 1 aliphatic heterocycles. The quantitative estimate of drug-likeness (QED) is 0.308. The van der Waals surface area contributed by atoms with Crippen LogP contribution < -0.4 is 9.64 Å². The number of aromatic nitrogens is 2. The Morgan fingerprint density at radius 2 is 2.03 bits per heavy atom. The van der Waals surface area contributed by atoms with Gasteiger partial charge in [-0.05, 0) is 38.1 Å². The molecule has 1 fully saturated rings. The SMILES string of the molecule is CCOc1ccc2nc(N(CCN3CCOCC3)C(=O)c3c(-c4ccccc4Cl)noc3C)sc2c1. The molecule has 8 nitrogen and oxygen atoms in total. The average molecular weight is 527 g/mol. The van der Waals surface area contributed by atoms with Crippen molar-refractivity contribution in [3.63, 3.8) is 0 Å². The Kier molecular flexibility index (Phi) is 7.52. The molecule has 0 spiro atoms. The Labute approximate surface area is 218 Å². The van der Waals surface area contributed by atoms with E-state index in [9.17, 15) is 4.79 Å². The van der Waals surface area contributed by atoms with Gasteiger partial charge in [0.05, 0.1) is 35.1 Å². The van der Waals surface area contributed by atoms with Crippen LogP contribution in [0, 0.1) is 6.92 Å². The number of thiazole rings is 1. The van der Waals surface area contributed by atoms with Crippen LogP contribution in [-0.4, -0.2) is 66.9 Å². The summed E-state index contributed by atoms with van der Waals surface area (Å²) in [7, 11) is 0. The molecule has 4 aromatic rings. The van der Waals surface area contributed by atoms with Gasteiger partial charge in [-0.15, -0.1) is 0 Å². The van der Waals surface area contributed by atoms with Crippen molar-refractivity contribution in [1.29, 1.82) is 0 Å². The Bertz CT molecular complexity index is 1370. The molecule has 0 N–H and O–H groups in total. The van der Waals surface area contributed by atoms with Gasteiger partial charge in [-0.1, -0.05) is 46.3 Å². The maximum atomic E-state index is 14.1. The number of aryl methyl sites for hydroxylation is 1. The van der Waals surface area contributed by atoms with Crippen molar-refractivity contribution in [2.24, 2.45) is 0 Å². The van der Waals surface area contributed by atoms with Gasteiger partial charge < -0.3 is 14.0 Å². The Morgan fingerprint density at radius 3 is 2.81 bits per heavy atom. The number of hydrogen-bond acceptors (Lipinski definition) is 8. The van der Waals surface area contributed by atoms with Gasteiger partial charge in [0.1, 0.15) is 22.8 Å². The lowest BCUT2D eigenvalue weighted by atomic mass is 10.1. The van der Waals surface area contributed by atoms with Crippen LogP contribution in [0.3, 0.4) is 0 Å². The predicted octanol–water partition coefficient (Wildman–Crippen LogP) is 5.29. The van der Waals surface area contributed by atoms with Crippen LogP contribution in [0.2, 0.25) is 5.02 Å². The Balaban J connectivity index is 1.53. The van der Waals surface area contributed by atoms with Gasteiger partial charge >= 0.3 is 0 Å². The summed E-state index contributed by atoms with van der Waals surface area (Å²) in [5.41, 5.74) is 2.28. The number of fused-ring (bicyclic) bond motifs is 1. The lowest BCUT2D eigenvalue weighted by Gasteiger charge is -2.29. The second-order valence-electron chi connectivity index (χ2n) is 8.41. The third-order valence-electron chi connectivity index (χ3n) is 6.08. The summed E-state index contributed by atoms with van der Waals surface area (Å²) in [6, 6.07) is 13.1. The summed E-state index contributed by atoms with van der Waals surface area (Å²) < 4.78 is 17.6. The van der Waals surface area contributed by atoms with E-state index in [1.54, 1.807) is 17.9 Å². The molecule has 1 aliphatic rings. The van der Waals surface area contributed by atoms with Crippen LogP contribution in [0.15, 0.2) is 47.0 Å². The van der Waals surface area contributed by atoms with Gasteiger partial charge in [0.2, 0.25) is 0 Å². The largest absolute Gasteiger partial charge is 0.494 e. The van der Waals surface area contributed by atoms with Gasteiger partial charge in [0.15, 0.2) is 5.13 Å². The number of anilines is 1. The summed E-state index contributed by atoms with van der Waals surface area (Å²) in [5.74, 6) is 0.995. The minimum Gasteiger partial charge on any atom is -0.494 e. The first-order valence-corrected chi connectivity index (χ1v) is 13.1. The van der Waals surface area contributed by atoms with E-state index in [-0.39, 0.29) is 5.91 Å². The third-order valence-corrected chi connectivity index (χ3v) is 7.46. The van der Waals surface area contributed by atoms with Gasteiger partial charge in [0.25, 0.3) is 5.91 Å². The van der Waals surface area contributed by atoms with E-state index in [4.69, 9.17) is 30.6 Å². The first kappa shape index (κ1) is 24.7. The fourth-order valence-electron chi connectivity index (χ4n) is 4.21. The fourth-order valence-corrected chi connectivity index (χ4v) is 5.45. The van der Waals surface area contributed by atoms with Crippen molar-refractivity contribution in [1.82, 2.24) is 15.0 Å². The number of carbonyl (C=O) groups excluding carboxylic acids is 1. The number of ether oxygens (including phenoxy) is 2. The van der Waals surface area contributed by atoms with Crippen molar-refractivity contribution < 1.29 is 18.8 Å². The molecule has 5 rings (SSSR count). The lowest BCUT2D eigenvalue weighted by molar-refractivity contribution is 0.0391. The summed E-state index contributed by atoms with van der Waals surface area (Å²) in [6.07, 6.45) is 0. The first-order valence-electron chi connectivity index (χ1n) is 11.9. The van der Waals surface area contributed by atoms with Gasteiger partial charge in [-0.2, -0.15) is 0 Å². The predicted molar refractivity (Wildman–Crippen MR) is 141 cm³/mol. The number of hydrogen-bond donors (Lipinski definition) is 0. The number of benzene rings is 2. The maximum absolute atomic E-state index is 14.1. The molecule has 188 valence electrons. The highest BCUT2D eigenvalue weighted by atomic mass is 35.5. The van der Waals surface area contributed by atoms with Crippen molar-refractivity contribution in [3.8, 4) is 17.0 Å². The topological polar surface area (TPSA) is 80.9 Å². The van der Waals surface area contributed by atoms with Crippen molar-refractivity contribution in [2.75, 3.05) is 50.9 Å². The monoisotopic (exact) mass is 526 g/mol. The molecule has 0 atom stereocenters. The summed E-state index contributed by atoms with van der Waals surface area (Å²) >= 11 is 7.91. The summed E-state index contributed by atoms with van der Waals surface area (Å²) in [6.45, 7) is 8.48. The van der Waals surface area contributed by atoms with Crippen molar-refractivity contribution in [2.45, 2.75) is 13.8 Å². The van der Waals surface area contributed by atoms with Crippen LogP contribution in [0.4, 0.5) is 5.13 Å².